The summed E-state index contributed by atoms with van der Waals surface area (Å²) in [5.74, 6) is 2.18. The van der Waals surface area contributed by atoms with Gasteiger partial charge in [0.05, 0.1) is 24.3 Å². The minimum absolute atomic E-state index is 0.150. The second kappa shape index (κ2) is 25.9. The van der Waals surface area contributed by atoms with Gasteiger partial charge in [-0.1, -0.05) is 34.6 Å². The molecule has 268 valence electrons. The van der Waals surface area contributed by atoms with Gasteiger partial charge in [0.1, 0.15) is 6.29 Å². The van der Waals surface area contributed by atoms with Crippen molar-refractivity contribution in [3.05, 3.63) is 29.8 Å². The van der Waals surface area contributed by atoms with Crippen molar-refractivity contribution in [2.24, 2.45) is 17.8 Å². The number of likely N-dealkylation sites (N-methyl/N-ethyl adjacent to an activating group) is 1. The highest BCUT2D eigenvalue weighted by Gasteiger charge is 2.21. The number of aldehydes is 1. The average molecular weight is 675 g/mol. The van der Waals surface area contributed by atoms with Crippen LogP contribution in [0.3, 0.4) is 0 Å². The maximum Gasteiger partial charge on any atom is 0.207 e. The highest BCUT2D eigenvalue weighted by Crippen LogP contribution is 2.30. The summed E-state index contributed by atoms with van der Waals surface area (Å²) < 4.78 is 2.42. The number of likely N-dealkylation sites (tertiary alicyclic amines) is 1. The molecule has 10 heteroatoms. The Labute approximate surface area is 291 Å². The van der Waals surface area contributed by atoms with Crippen LogP contribution in [0.2, 0.25) is 0 Å². The largest absolute Gasteiger partial charge is 0.357 e. The third-order valence-corrected chi connectivity index (χ3v) is 9.33. The van der Waals surface area contributed by atoms with Gasteiger partial charge in [-0.15, -0.1) is 0 Å². The van der Waals surface area contributed by atoms with Crippen LogP contribution in [0, 0.1) is 29.1 Å². The van der Waals surface area contributed by atoms with Crippen LogP contribution >= 0.6 is 11.9 Å². The number of nitrogens with one attached hydrogen (secondary N) is 1. The normalized spacial score (nSPS) is 17.1. The Balaban J connectivity index is 0.000000508. The SMILES string of the molecule is CC(C)C.CC(C)CC(C)ON(CC=O)CCCC1CCN(Sc2ccc(C#N)cc2)CC1.CN1CCC(N(C)CCNC=O)CC1. The molecular weight excluding hydrogens is 609 g/mol. The zero-order valence-electron chi connectivity index (χ0n) is 30.8. The third kappa shape index (κ3) is 21.6. The second-order valence-electron chi connectivity index (χ2n) is 14.2. The van der Waals surface area contributed by atoms with Gasteiger partial charge in [-0.25, -0.2) is 4.31 Å². The van der Waals surface area contributed by atoms with Crippen molar-refractivity contribution in [3.8, 4) is 6.07 Å². The molecule has 1 aromatic rings. The van der Waals surface area contributed by atoms with E-state index in [4.69, 9.17) is 10.1 Å². The minimum atomic E-state index is 0.150. The van der Waals surface area contributed by atoms with E-state index in [1.54, 1.807) is 11.9 Å². The number of amides is 1. The molecule has 0 saturated carbocycles. The molecule has 0 aromatic heterocycles. The zero-order chi connectivity index (χ0) is 35.0. The van der Waals surface area contributed by atoms with Crippen LogP contribution < -0.4 is 5.32 Å². The van der Waals surface area contributed by atoms with E-state index in [9.17, 15) is 9.59 Å². The van der Waals surface area contributed by atoms with Crippen molar-refractivity contribution in [2.45, 2.75) is 104 Å². The zero-order valence-corrected chi connectivity index (χ0v) is 31.6. The molecule has 1 atom stereocenters. The molecule has 2 heterocycles. The fraction of sp³-hybridized carbons (Fsp3) is 0.757. The Kier molecular flexibility index (Phi) is 23.7. The van der Waals surface area contributed by atoms with Crippen molar-refractivity contribution in [2.75, 3.05) is 66.5 Å². The monoisotopic (exact) mass is 674 g/mol. The first kappa shape index (κ1) is 43.0. The quantitative estimate of drug-likeness (QED) is 0.0879. The van der Waals surface area contributed by atoms with Gasteiger partial charge >= 0.3 is 0 Å². The molecule has 2 saturated heterocycles. The number of hydrogen-bond acceptors (Lipinski definition) is 9. The van der Waals surface area contributed by atoms with Gasteiger partial charge in [0, 0.05) is 43.7 Å². The van der Waals surface area contributed by atoms with Crippen LogP contribution in [0.15, 0.2) is 29.2 Å². The number of carbonyl (C=O) groups is 2. The number of nitrogens with zero attached hydrogens (tertiary/aromatic N) is 5. The number of nitriles is 1. The minimum Gasteiger partial charge on any atom is -0.357 e. The van der Waals surface area contributed by atoms with Gasteiger partial charge in [-0.3, -0.25) is 9.63 Å². The van der Waals surface area contributed by atoms with E-state index >= 15 is 0 Å². The van der Waals surface area contributed by atoms with Crippen LogP contribution in [0.1, 0.15) is 92.1 Å². The van der Waals surface area contributed by atoms with Crippen molar-refractivity contribution >= 4 is 24.6 Å². The first-order chi connectivity index (χ1) is 22.5. The standard InChI is InChI=1S/C23H35N3O2S.C10H21N3O.C4H10/c1-19(2)17-20(3)28-25(15-16-27)12-4-5-21-10-13-26(14-11-21)29-23-8-6-22(18-24)7-9-23;1-12-6-3-10(4-7-12)13(2)8-5-11-9-14;1-4(2)3/h6-9,16,19-21H,4-5,10-15,17H2,1-3H3;9-10H,3-8H2,1-2H3,(H,11,14);4H,1-3H3. The molecule has 2 aliphatic heterocycles. The Morgan fingerprint density at radius 3 is 2.15 bits per heavy atom. The average Bonchev–Trinajstić information content (AvgIpc) is 3.02. The molecule has 2 aliphatic rings. The van der Waals surface area contributed by atoms with Gasteiger partial charge in [0.25, 0.3) is 0 Å². The molecule has 1 N–H and O–H groups in total. The summed E-state index contributed by atoms with van der Waals surface area (Å²) >= 11 is 1.79. The number of hydroxylamine groups is 2. The van der Waals surface area contributed by atoms with E-state index in [1.807, 2.05) is 29.3 Å². The molecule has 1 aromatic carbocycles. The maximum atomic E-state index is 11.0. The number of rotatable bonds is 17. The lowest BCUT2D eigenvalue weighted by atomic mass is 9.93. The van der Waals surface area contributed by atoms with Gasteiger partial charge in [-0.05, 0) is 133 Å². The van der Waals surface area contributed by atoms with Crippen LogP contribution in [0.25, 0.3) is 0 Å². The van der Waals surface area contributed by atoms with Crippen LogP contribution in [0.5, 0.6) is 0 Å². The summed E-state index contributed by atoms with van der Waals surface area (Å²) in [4.78, 5) is 32.9. The molecule has 47 heavy (non-hydrogen) atoms. The summed E-state index contributed by atoms with van der Waals surface area (Å²) in [6.07, 6.45) is 10.0. The van der Waals surface area contributed by atoms with E-state index in [0.717, 1.165) is 70.1 Å². The molecular formula is C37H66N6O3S. The number of benzene rings is 1. The second-order valence-corrected chi connectivity index (χ2v) is 15.3. The first-order valence-electron chi connectivity index (χ1n) is 17.8. The molecule has 0 spiro atoms. The first-order valence-corrected chi connectivity index (χ1v) is 18.6. The van der Waals surface area contributed by atoms with E-state index in [1.165, 1.54) is 50.1 Å². The van der Waals surface area contributed by atoms with Crippen molar-refractivity contribution < 1.29 is 14.4 Å². The number of carbonyl (C=O) groups excluding carboxylic acids is 2. The van der Waals surface area contributed by atoms with E-state index in [-0.39, 0.29) is 6.10 Å². The van der Waals surface area contributed by atoms with Crippen LogP contribution in [-0.4, -0.2) is 110 Å². The predicted octanol–water partition coefficient (Wildman–Crippen LogP) is 6.35. The van der Waals surface area contributed by atoms with Gasteiger partial charge < -0.3 is 19.9 Å². The lowest BCUT2D eigenvalue weighted by Crippen LogP contribution is -2.43. The smallest absolute Gasteiger partial charge is 0.207 e. The molecule has 9 nitrogen and oxygen atoms in total. The number of piperidine rings is 2. The number of hydrogen-bond donors (Lipinski definition) is 1. The fourth-order valence-corrected chi connectivity index (χ4v) is 6.68. The highest BCUT2D eigenvalue weighted by molar-refractivity contribution is 7.97. The highest BCUT2D eigenvalue weighted by atomic mass is 32.2. The van der Waals surface area contributed by atoms with Crippen LogP contribution in [0.4, 0.5) is 0 Å². The molecule has 0 radical (unpaired) electrons. The summed E-state index contributed by atoms with van der Waals surface area (Å²) in [5, 5.41) is 13.4. The van der Waals surface area contributed by atoms with Crippen molar-refractivity contribution in [1.82, 2.24) is 24.5 Å². The Bertz CT molecular complexity index is 971. The van der Waals surface area contributed by atoms with Crippen LogP contribution in [-0.2, 0) is 14.4 Å². The Hall–Kier alpha value is -2.00. The van der Waals surface area contributed by atoms with Crippen molar-refractivity contribution in [1.29, 1.82) is 5.26 Å². The predicted molar refractivity (Wildman–Crippen MR) is 196 cm³/mol. The summed E-state index contributed by atoms with van der Waals surface area (Å²) in [5.41, 5.74) is 0.708. The Morgan fingerprint density at radius 2 is 1.62 bits per heavy atom. The summed E-state index contributed by atoms with van der Waals surface area (Å²) in [7, 11) is 4.31. The Morgan fingerprint density at radius 1 is 1.00 bits per heavy atom. The third-order valence-electron chi connectivity index (χ3n) is 8.23. The lowest BCUT2D eigenvalue weighted by Gasteiger charge is -2.35. The lowest BCUT2D eigenvalue weighted by molar-refractivity contribution is -0.194. The van der Waals surface area contributed by atoms with Gasteiger partial charge in [-0.2, -0.15) is 10.3 Å². The van der Waals surface area contributed by atoms with E-state index in [2.05, 4.69) is 81.1 Å². The molecule has 0 bridgehead atoms. The molecule has 3 rings (SSSR count). The summed E-state index contributed by atoms with van der Waals surface area (Å²) in [6, 6.07) is 10.7. The maximum absolute atomic E-state index is 11.0. The van der Waals surface area contributed by atoms with E-state index in [0.29, 0.717) is 24.1 Å². The summed E-state index contributed by atoms with van der Waals surface area (Å²) in [6.45, 7) is 20.4. The van der Waals surface area contributed by atoms with Gasteiger partial charge in [0.2, 0.25) is 6.41 Å². The molecule has 1 amide bonds. The molecule has 2 fully saturated rings. The van der Waals surface area contributed by atoms with Gasteiger partial charge in [0.15, 0.2) is 0 Å². The molecule has 1 unspecified atom stereocenters. The van der Waals surface area contributed by atoms with E-state index < -0.39 is 0 Å². The topological polar surface area (TPSA) is 92.2 Å². The fourth-order valence-electron chi connectivity index (χ4n) is 5.73. The van der Waals surface area contributed by atoms with Crippen molar-refractivity contribution in [3.63, 3.8) is 0 Å². The molecule has 0 aliphatic carbocycles.